The lowest BCUT2D eigenvalue weighted by Crippen LogP contribution is -2.24. The Kier molecular flexibility index (Phi) is 7.87. The molecule has 0 spiro atoms. The third-order valence-corrected chi connectivity index (χ3v) is 4.30. The molecule has 0 radical (unpaired) electrons. The molecule has 0 heterocycles. The molecule has 0 aliphatic heterocycles. The lowest BCUT2D eigenvalue weighted by atomic mass is 10.2. The van der Waals surface area contributed by atoms with Crippen molar-refractivity contribution >= 4 is 50.6 Å². The summed E-state index contributed by atoms with van der Waals surface area (Å²) in [5, 5.41) is 23.0. The number of hydrogen-bond donors (Lipinski definition) is 2. The van der Waals surface area contributed by atoms with Crippen molar-refractivity contribution in [3.8, 4) is 23.3 Å². The van der Waals surface area contributed by atoms with Gasteiger partial charge in [-0.25, -0.2) is 5.43 Å². The number of carbonyl (C=O) groups is 1. The number of phenols is 1. The maximum atomic E-state index is 11.9. The van der Waals surface area contributed by atoms with Gasteiger partial charge < -0.3 is 14.6 Å². The Morgan fingerprint density at radius 3 is 2.85 bits per heavy atom. The van der Waals surface area contributed by atoms with Crippen LogP contribution in [0.4, 0.5) is 0 Å². The molecule has 0 saturated carbocycles. The maximum absolute atomic E-state index is 11.9. The standard InChI is InChI=1S/C18H15BrIN3O4/c1-2-26-16-7-14(20)6-12(18(16)25)9-22-23-17(24)10-27-15-4-3-13(19)5-11(15)8-21/h3-7,9,25H,2,10H2,1H3,(H,23,24)/b22-9+. The summed E-state index contributed by atoms with van der Waals surface area (Å²) >= 11 is 5.36. The topological polar surface area (TPSA) is 104 Å². The predicted octanol–water partition coefficient (Wildman–Crippen LogP) is 3.56. The van der Waals surface area contributed by atoms with Crippen molar-refractivity contribution in [3.63, 3.8) is 0 Å². The largest absolute Gasteiger partial charge is 0.504 e. The van der Waals surface area contributed by atoms with Crippen LogP contribution in [0.25, 0.3) is 0 Å². The number of nitrogens with one attached hydrogen (secondary N) is 1. The molecule has 140 valence electrons. The van der Waals surface area contributed by atoms with Gasteiger partial charge in [0.25, 0.3) is 5.91 Å². The average molecular weight is 544 g/mol. The molecular formula is C18H15BrIN3O4. The van der Waals surface area contributed by atoms with Gasteiger partial charge in [0.2, 0.25) is 0 Å². The second-order valence-electron chi connectivity index (χ2n) is 5.11. The van der Waals surface area contributed by atoms with Crippen LogP contribution in [0.2, 0.25) is 0 Å². The van der Waals surface area contributed by atoms with Crippen molar-refractivity contribution < 1.29 is 19.4 Å². The molecule has 1 amide bonds. The molecule has 2 N–H and O–H groups in total. The van der Waals surface area contributed by atoms with Gasteiger partial charge in [-0.2, -0.15) is 10.4 Å². The average Bonchev–Trinajstić information content (AvgIpc) is 2.64. The van der Waals surface area contributed by atoms with E-state index >= 15 is 0 Å². The Hall–Kier alpha value is -2.32. The first-order valence-corrected chi connectivity index (χ1v) is 9.61. The van der Waals surface area contributed by atoms with Crippen LogP contribution in [0.15, 0.2) is 39.9 Å². The number of phenolic OH excluding ortho intramolecular Hbond substituents is 1. The first-order chi connectivity index (χ1) is 12.9. The Labute approximate surface area is 178 Å². The van der Waals surface area contributed by atoms with Gasteiger partial charge in [0, 0.05) is 13.6 Å². The number of hydrogen-bond acceptors (Lipinski definition) is 6. The van der Waals surface area contributed by atoms with E-state index in [1.807, 2.05) is 13.0 Å². The summed E-state index contributed by atoms with van der Waals surface area (Å²) in [4.78, 5) is 11.9. The van der Waals surface area contributed by atoms with Crippen molar-refractivity contribution in [1.29, 1.82) is 5.26 Å². The molecule has 27 heavy (non-hydrogen) atoms. The summed E-state index contributed by atoms with van der Waals surface area (Å²) in [6.45, 7) is 1.92. The van der Waals surface area contributed by atoms with Crippen molar-refractivity contribution in [1.82, 2.24) is 5.43 Å². The van der Waals surface area contributed by atoms with Crippen molar-refractivity contribution in [2.45, 2.75) is 6.92 Å². The third kappa shape index (κ3) is 6.11. The van der Waals surface area contributed by atoms with Gasteiger partial charge in [0.15, 0.2) is 18.1 Å². The first-order valence-electron chi connectivity index (χ1n) is 7.74. The molecular weight excluding hydrogens is 529 g/mol. The van der Waals surface area contributed by atoms with Crippen LogP contribution in [0, 0.1) is 14.9 Å². The number of hydrazone groups is 1. The van der Waals surface area contributed by atoms with Gasteiger partial charge >= 0.3 is 0 Å². The third-order valence-electron chi connectivity index (χ3n) is 3.18. The second-order valence-corrected chi connectivity index (χ2v) is 7.27. The minimum absolute atomic E-state index is 0.0555. The van der Waals surface area contributed by atoms with Crippen LogP contribution < -0.4 is 14.9 Å². The highest BCUT2D eigenvalue weighted by atomic mass is 127. The highest BCUT2D eigenvalue weighted by Gasteiger charge is 2.10. The van der Waals surface area contributed by atoms with E-state index in [9.17, 15) is 9.90 Å². The first kappa shape index (κ1) is 21.0. The minimum Gasteiger partial charge on any atom is -0.504 e. The van der Waals surface area contributed by atoms with Gasteiger partial charge in [-0.05, 0) is 59.8 Å². The van der Waals surface area contributed by atoms with Crippen molar-refractivity contribution in [3.05, 3.63) is 49.5 Å². The molecule has 0 unspecified atom stereocenters. The Morgan fingerprint density at radius 2 is 2.15 bits per heavy atom. The number of nitrogens with zero attached hydrogens (tertiary/aromatic N) is 2. The fourth-order valence-corrected chi connectivity index (χ4v) is 3.00. The van der Waals surface area contributed by atoms with E-state index < -0.39 is 5.91 Å². The molecule has 0 aromatic heterocycles. The molecule has 7 nitrogen and oxygen atoms in total. The van der Waals surface area contributed by atoms with E-state index in [4.69, 9.17) is 14.7 Å². The lowest BCUT2D eigenvalue weighted by molar-refractivity contribution is -0.123. The molecule has 0 fully saturated rings. The Morgan fingerprint density at radius 1 is 1.37 bits per heavy atom. The quantitative estimate of drug-likeness (QED) is 0.316. The normalized spacial score (nSPS) is 10.4. The summed E-state index contributed by atoms with van der Waals surface area (Å²) < 4.78 is 12.3. The zero-order chi connectivity index (χ0) is 19.8. The summed E-state index contributed by atoms with van der Waals surface area (Å²) in [6.07, 6.45) is 1.32. The van der Waals surface area contributed by atoms with Crippen LogP contribution in [0.5, 0.6) is 17.2 Å². The van der Waals surface area contributed by atoms with Crippen LogP contribution in [0.1, 0.15) is 18.1 Å². The van der Waals surface area contributed by atoms with Crippen LogP contribution >= 0.6 is 38.5 Å². The second kappa shape index (κ2) is 10.1. The Bertz CT molecular complexity index is 912. The number of aromatic hydroxyl groups is 1. The number of halogens is 2. The molecule has 0 bridgehead atoms. The number of ether oxygens (including phenoxy) is 2. The summed E-state index contributed by atoms with van der Waals surface area (Å²) in [5.41, 5.74) is 3.03. The van der Waals surface area contributed by atoms with E-state index in [0.717, 1.165) is 8.04 Å². The van der Waals surface area contributed by atoms with E-state index in [0.29, 0.717) is 29.2 Å². The lowest BCUT2D eigenvalue weighted by Gasteiger charge is -2.09. The molecule has 2 rings (SSSR count). The zero-order valence-electron chi connectivity index (χ0n) is 14.2. The monoisotopic (exact) mass is 543 g/mol. The van der Waals surface area contributed by atoms with Gasteiger partial charge in [0.05, 0.1) is 18.4 Å². The van der Waals surface area contributed by atoms with Crippen molar-refractivity contribution in [2.24, 2.45) is 5.10 Å². The number of benzene rings is 2. The maximum Gasteiger partial charge on any atom is 0.277 e. The highest BCUT2D eigenvalue weighted by Crippen LogP contribution is 2.31. The number of nitriles is 1. The number of rotatable bonds is 7. The van der Waals surface area contributed by atoms with Crippen LogP contribution in [-0.4, -0.2) is 30.4 Å². The fourth-order valence-electron chi connectivity index (χ4n) is 2.02. The van der Waals surface area contributed by atoms with Gasteiger partial charge in [-0.15, -0.1) is 0 Å². The molecule has 0 aliphatic rings. The predicted molar refractivity (Wildman–Crippen MR) is 112 cm³/mol. The molecule has 0 saturated heterocycles. The van der Waals surface area contributed by atoms with E-state index in [2.05, 4.69) is 49.0 Å². The zero-order valence-corrected chi connectivity index (χ0v) is 17.9. The molecule has 0 aliphatic carbocycles. The summed E-state index contributed by atoms with van der Waals surface area (Å²) in [5.74, 6) is 0.0875. The van der Waals surface area contributed by atoms with E-state index in [1.165, 1.54) is 6.21 Å². The minimum atomic E-state index is -0.506. The molecule has 0 atom stereocenters. The van der Waals surface area contributed by atoms with Gasteiger partial charge in [0.1, 0.15) is 11.8 Å². The smallest absolute Gasteiger partial charge is 0.277 e. The number of carbonyl (C=O) groups excluding carboxylic acids is 1. The molecule has 2 aromatic rings. The Balaban J connectivity index is 1.97. The van der Waals surface area contributed by atoms with Crippen LogP contribution in [0.3, 0.4) is 0 Å². The fraction of sp³-hybridized carbons (Fsp3) is 0.167. The van der Waals surface area contributed by atoms with E-state index in [1.54, 1.807) is 30.3 Å². The summed E-state index contributed by atoms with van der Waals surface area (Å²) in [7, 11) is 0. The van der Waals surface area contributed by atoms with Gasteiger partial charge in [-0.3, -0.25) is 4.79 Å². The molecule has 2 aromatic carbocycles. The SMILES string of the molecule is CCOc1cc(I)cc(/C=N/NC(=O)COc2ccc(Br)cc2C#N)c1O. The summed E-state index contributed by atoms with van der Waals surface area (Å²) in [6, 6.07) is 10.3. The van der Waals surface area contributed by atoms with E-state index in [-0.39, 0.29) is 12.4 Å². The molecule has 9 heteroatoms. The van der Waals surface area contributed by atoms with Gasteiger partial charge in [-0.1, -0.05) is 15.9 Å². The van der Waals surface area contributed by atoms with Crippen LogP contribution in [-0.2, 0) is 4.79 Å². The highest BCUT2D eigenvalue weighted by molar-refractivity contribution is 14.1. The number of amides is 1. The van der Waals surface area contributed by atoms with Crippen molar-refractivity contribution in [2.75, 3.05) is 13.2 Å².